The molecule has 1 heterocycles. The summed E-state index contributed by atoms with van der Waals surface area (Å²) in [4.78, 5) is 0. The zero-order valence-electron chi connectivity index (χ0n) is 8.58. The third kappa shape index (κ3) is 2.04. The third-order valence-electron chi connectivity index (χ3n) is 2.97. The molecule has 1 aliphatic rings. The van der Waals surface area contributed by atoms with Gasteiger partial charge in [0.2, 0.25) is 0 Å². The average molecular weight is 166 g/mol. The summed E-state index contributed by atoms with van der Waals surface area (Å²) in [6.45, 7) is 8.87. The summed E-state index contributed by atoms with van der Waals surface area (Å²) in [5, 5.41) is 0. The van der Waals surface area contributed by atoms with Crippen LogP contribution < -0.4 is 0 Å². The third-order valence-corrected chi connectivity index (χ3v) is 2.97. The Morgan fingerprint density at radius 2 is 1.83 bits per heavy atom. The molecule has 0 aromatic heterocycles. The van der Waals surface area contributed by atoms with Gasteiger partial charge < -0.3 is 4.74 Å². The Bertz CT molecular complexity index is 145. The first-order chi connectivity index (χ1) is 5.52. The summed E-state index contributed by atoms with van der Waals surface area (Å²) >= 11 is 0. The highest BCUT2D eigenvalue weighted by Crippen LogP contribution is 2.33. The zero-order valence-corrected chi connectivity index (χ0v) is 8.58. The minimum absolute atomic E-state index is 0.0382. The van der Waals surface area contributed by atoms with Crippen molar-refractivity contribution < 1.29 is 4.74 Å². The van der Waals surface area contributed by atoms with Crippen molar-refractivity contribution in [1.82, 2.24) is 0 Å². The Labute approximate surface area is 77.3 Å². The minimum atomic E-state index is -0.0382. The van der Waals surface area contributed by atoms with Crippen LogP contribution in [0.3, 0.4) is 0 Å². The van der Waals surface area contributed by atoms with Gasteiger partial charge in [-0.3, -0.25) is 0 Å². The lowest BCUT2D eigenvalue weighted by Crippen LogP contribution is -2.18. The van der Waals surface area contributed by atoms with Gasteiger partial charge in [0, 0.05) is 6.00 Å². The first-order valence-corrected chi connectivity index (χ1v) is 4.93. The van der Waals surface area contributed by atoms with Crippen molar-refractivity contribution in [1.29, 1.82) is 0 Å². The Balaban J connectivity index is 2.47. The molecule has 4 unspecified atom stereocenters. The fourth-order valence-corrected chi connectivity index (χ4v) is 1.82. The predicted octanol–water partition coefficient (Wildman–Crippen LogP) is 2.20. The van der Waals surface area contributed by atoms with Crippen LogP contribution in [0.25, 0.3) is 0 Å². The molecule has 0 N–H and O–H groups in total. The molecule has 0 bridgehead atoms. The van der Waals surface area contributed by atoms with E-state index in [-0.39, 0.29) is 6.00 Å². The molecular weight excluding hydrogens is 147 g/mol. The largest absolute Gasteiger partial charge is 0.384 e. The molecule has 68 valence electrons. The monoisotopic (exact) mass is 166 g/mol. The van der Waals surface area contributed by atoms with Gasteiger partial charge in [-0.15, -0.1) is 0 Å². The van der Waals surface area contributed by atoms with Crippen LogP contribution in [0.4, 0.5) is 0 Å². The van der Waals surface area contributed by atoms with Crippen molar-refractivity contribution in [3.05, 3.63) is 0 Å². The lowest BCUT2D eigenvalue weighted by molar-refractivity contribution is 0.0574. The van der Waals surface area contributed by atoms with E-state index >= 15 is 0 Å². The molecule has 0 aromatic carbocycles. The molecule has 0 saturated carbocycles. The van der Waals surface area contributed by atoms with E-state index in [1.54, 1.807) is 0 Å². The molecule has 1 saturated heterocycles. The molecule has 1 nitrogen and oxygen atoms in total. The van der Waals surface area contributed by atoms with E-state index in [1.807, 2.05) is 0 Å². The van der Waals surface area contributed by atoms with Crippen molar-refractivity contribution in [2.24, 2.45) is 17.8 Å². The second kappa shape index (κ2) is 3.82. The van der Waals surface area contributed by atoms with Gasteiger partial charge in [0.05, 0.1) is 6.10 Å². The fourth-order valence-electron chi connectivity index (χ4n) is 1.82. The van der Waals surface area contributed by atoms with Crippen molar-refractivity contribution in [3.63, 3.8) is 0 Å². The predicted molar refractivity (Wildman–Crippen MR) is 52.2 cm³/mol. The van der Waals surface area contributed by atoms with Gasteiger partial charge >= 0.3 is 0 Å². The van der Waals surface area contributed by atoms with Crippen LogP contribution in [-0.2, 0) is 4.74 Å². The molecule has 2 heteroatoms. The molecule has 0 aliphatic carbocycles. The Morgan fingerprint density at radius 3 is 2.17 bits per heavy atom. The Kier molecular flexibility index (Phi) is 3.22. The summed E-state index contributed by atoms with van der Waals surface area (Å²) in [7, 11) is 5.81. The molecule has 0 spiro atoms. The van der Waals surface area contributed by atoms with Crippen molar-refractivity contribution in [2.75, 3.05) is 0 Å². The topological polar surface area (TPSA) is 9.23 Å². The highest BCUT2D eigenvalue weighted by Gasteiger charge is 2.35. The molecule has 1 rings (SSSR count). The van der Waals surface area contributed by atoms with Crippen LogP contribution in [0.2, 0.25) is 0 Å². The second-order valence-electron chi connectivity index (χ2n) is 4.49. The quantitative estimate of drug-likeness (QED) is 0.571. The first-order valence-electron chi connectivity index (χ1n) is 4.93. The molecule has 1 aliphatic heterocycles. The molecule has 1 fully saturated rings. The standard InChI is InChI=1S/C10H19BO/c1-6(2)5-9-7(3)8(4)10(11)12-9/h6-10H,5H2,1-4H3. The van der Waals surface area contributed by atoms with E-state index in [1.165, 1.54) is 0 Å². The van der Waals surface area contributed by atoms with Crippen molar-refractivity contribution in [3.8, 4) is 0 Å². The lowest BCUT2D eigenvalue weighted by Gasteiger charge is -2.17. The van der Waals surface area contributed by atoms with Gasteiger partial charge in [0.25, 0.3) is 0 Å². The smallest absolute Gasteiger partial charge is 0.109 e. The normalized spacial score (nSPS) is 42.4. The second-order valence-corrected chi connectivity index (χ2v) is 4.49. The van der Waals surface area contributed by atoms with Crippen LogP contribution in [0.1, 0.15) is 34.1 Å². The van der Waals surface area contributed by atoms with Crippen LogP contribution in [-0.4, -0.2) is 20.0 Å². The highest BCUT2D eigenvalue weighted by atomic mass is 16.5. The molecule has 4 atom stereocenters. The van der Waals surface area contributed by atoms with E-state index < -0.39 is 0 Å². The highest BCUT2D eigenvalue weighted by molar-refractivity contribution is 6.11. The molecule has 2 radical (unpaired) electrons. The molecule has 12 heavy (non-hydrogen) atoms. The maximum Gasteiger partial charge on any atom is 0.109 e. The number of ether oxygens (including phenoxy) is 1. The van der Waals surface area contributed by atoms with Crippen LogP contribution >= 0.6 is 0 Å². The van der Waals surface area contributed by atoms with E-state index in [9.17, 15) is 0 Å². The first kappa shape index (κ1) is 10.1. The Morgan fingerprint density at radius 1 is 1.25 bits per heavy atom. The van der Waals surface area contributed by atoms with Crippen molar-refractivity contribution >= 4 is 7.85 Å². The van der Waals surface area contributed by atoms with Gasteiger partial charge in [-0.2, -0.15) is 0 Å². The maximum atomic E-state index is 5.81. The van der Waals surface area contributed by atoms with E-state index in [2.05, 4.69) is 27.7 Å². The average Bonchev–Trinajstić information content (AvgIpc) is 2.17. The summed E-state index contributed by atoms with van der Waals surface area (Å²) in [6.07, 6.45) is 1.52. The SMILES string of the molecule is [B]C1OC(CC(C)C)C(C)C1C. The van der Waals surface area contributed by atoms with Gasteiger partial charge in [-0.25, -0.2) is 0 Å². The minimum Gasteiger partial charge on any atom is -0.384 e. The molecular formula is C10H19BO. The summed E-state index contributed by atoms with van der Waals surface area (Å²) in [5.41, 5.74) is 0. The molecule has 0 aromatic rings. The van der Waals surface area contributed by atoms with E-state index in [0.29, 0.717) is 23.9 Å². The van der Waals surface area contributed by atoms with E-state index in [4.69, 9.17) is 12.6 Å². The van der Waals surface area contributed by atoms with E-state index in [0.717, 1.165) is 6.42 Å². The van der Waals surface area contributed by atoms with Crippen LogP contribution in [0.5, 0.6) is 0 Å². The summed E-state index contributed by atoms with van der Waals surface area (Å²) < 4.78 is 5.67. The van der Waals surface area contributed by atoms with Gasteiger partial charge in [-0.05, 0) is 24.2 Å². The van der Waals surface area contributed by atoms with Gasteiger partial charge in [-0.1, -0.05) is 27.7 Å². The lowest BCUT2D eigenvalue weighted by atomic mass is 9.81. The molecule has 0 amide bonds. The number of rotatable bonds is 2. The number of hydrogen-bond donors (Lipinski definition) is 0. The number of hydrogen-bond acceptors (Lipinski definition) is 1. The van der Waals surface area contributed by atoms with Gasteiger partial charge in [0.15, 0.2) is 0 Å². The van der Waals surface area contributed by atoms with Gasteiger partial charge in [0.1, 0.15) is 7.85 Å². The van der Waals surface area contributed by atoms with Crippen LogP contribution in [0.15, 0.2) is 0 Å². The fraction of sp³-hybridized carbons (Fsp3) is 1.00. The summed E-state index contributed by atoms with van der Waals surface area (Å²) in [6, 6.07) is -0.0382. The zero-order chi connectivity index (χ0) is 9.30. The Hall–Kier alpha value is 0.0249. The van der Waals surface area contributed by atoms with Crippen LogP contribution in [0, 0.1) is 17.8 Å². The summed E-state index contributed by atoms with van der Waals surface area (Å²) in [5.74, 6) is 1.83. The van der Waals surface area contributed by atoms with Crippen molar-refractivity contribution in [2.45, 2.75) is 46.2 Å². The maximum absolute atomic E-state index is 5.81.